The van der Waals surface area contributed by atoms with Crippen LogP contribution in [0.15, 0.2) is 30.5 Å². The van der Waals surface area contributed by atoms with Crippen LogP contribution in [0.3, 0.4) is 0 Å². The van der Waals surface area contributed by atoms with Gasteiger partial charge in [-0.1, -0.05) is 10.6 Å². The summed E-state index contributed by atoms with van der Waals surface area (Å²) in [6.45, 7) is 0. The molecule has 0 fully saturated rings. The molecule has 1 heterocycles. The molecular formula is C13H11N3O4S. The van der Waals surface area contributed by atoms with Gasteiger partial charge in [-0.05, 0) is 35.3 Å². The minimum Gasteiger partial charge on any atom is -0.495 e. The number of nitrogens with zero attached hydrogens (tertiary/aromatic N) is 2. The molecule has 7 nitrogen and oxygen atoms in total. The van der Waals surface area contributed by atoms with Crippen LogP contribution in [0.1, 0.15) is 15.2 Å². The molecule has 0 bridgehead atoms. The number of hydrogen-bond acceptors (Lipinski definition) is 6. The smallest absolute Gasteiger partial charge is 0.328 e. The van der Waals surface area contributed by atoms with Gasteiger partial charge in [0.15, 0.2) is 0 Å². The summed E-state index contributed by atoms with van der Waals surface area (Å²) in [5.41, 5.74) is 1.05. The van der Waals surface area contributed by atoms with Crippen LogP contribution in [0.4, 0.5) is 5.69 Å². The Hall–Kier alpha value is -2.74. The van der Waals surface area contributed by atoms with Gasteiger partial charge in [-0.2, -0.15) is 0 Å². The lowest BCUT2D eigenvalue weighted by Gasteiger charge is -2.10. The summed E-state index contributed by atoms with van der Waals surface area (Å²) >= 11 is 0.976. The molecule has 0 aliphatic heterocycles. The molecule has 21 heavy (non-hydrogen) atoms. The molecule has 0 spiro atoms. The third-order valence-electron chi connectivity index (χ3n) is 2.48. The number of aliphatic carboxylic acids is 1. The summed E-state index contributed by atoms with van der Waals surface area (Å²) in [6.07, 6.45) is 3.80. The lowest BCUT2D eigenvalue weighted by Crippen LogP contribution is -2.11. The molecule has 1 amide bonds. The number of carboxylic acid groups (broad SMARTS) is 1. The molecule has 2 N–H and O–H groups in total. The topological polar surface area (TPSA) is 101 Å². The molecule has 108 valence electrons. The standard InChI is InChI=1S/C13H11N3O4S/c1-20-10-4-2-8(3-5-12(17)18)6-9(10)15-13(19)11-7-14-16-21-11/h2-7H,1H3,(H,15,19)(H,17,18). The van der Waals surface area contributed by atoms with E-state index in [-0.39, 0.29) is 5.91 Å². The normalized spacial score (nSPS) is 10.5. The van der Waals surface area contributed by atoms with Crippen LogP contribution >= 0.6 is 11.5 Å². The molecule has 2 aromatic rings. The molecule has 2 rings (SSSR count). The molecule has 0 saturated carbocycles. The van der Waals surface area contributed by atoms with Crippen LogP contribution in [0.25, 0.3) is 6.08 Å². The van der Waals surface area contributed by atoms with Gasteiger partial charge >= 0.3 is 5.97 Å². The number of carbonyl (C=O) groups excluding carboxylic acids is 1. The average molecular weight is 305 g/mol. The Kier molecular flexibility index (Phi) is 4.62. The second-order valence-electron chi connectivity index (χ2n) is 3.87. The van der Waals surface area contributed by atoms with E-state index in [0.29, 0.717) is 21.9 Å². The highest BCUT2D eigenvalue weighted by atomic mass is 32.1. The van der Waals surface area contributed by atoms with Crippen LogP contribution in [-0.2, 0) is 4.79 Å². The molecular weight excluding hydrogens is 294 g/mol. The van der Waals surface area contributed by atoms with Crippen molar-refractivity contribution in [1.29, 1.82) is 0 Å². The van der Waals surface area contributed by atoms with Crippen LogP contribution in [-0.4, -0.2) is 33.7 Å². The fourth-order valence-electron chi connectivity index (χ4n) is 1.55. The number of rotatable bonds is 5. The van der Waals surface area contributed by atoms with E-state index in [9.17, 15) is 9.59 Å². The molecule has 1 aromatic carbocycles. The van der Waals surface area contributed by atoms with Gasteiger partial charge < -0.3 is 15.2 Å². The molecule has 8 heteroatoms. The van der Waals surface area contributed by atoms with Crippen LogP contribution in [0.2, 0.25) is 0 Å². The second-order valence-corrected chi connectivity index (χ2v) is 4.65. The van der Waals surface area contributed by atoms with E-state index < -0.39 is 5.97 Å². The van der Waals surface area contributed by atoms with Gasteiger partial charge in [0.2, 0.25) is 0 Å². The lowest BCUT2D eigenvalue weighted by molar-refractivity contribution is -0.131. The summed E-state index contributed by atoms with van der Waals surface area (Å²) in [4.78, 5) is 22.9. The van der Waals surface area contributed by atoms with Gasteiger partial charge in [-0.3, -0.25) is 4.79 Å². The number of benzene rings is 1. The lowest BCUT2D eigenvalue weighted by atomic mass is 10.1. The summed E-state index contributed by atoms with van der Waals surface area (Å²) in [5.74, 6) is -0.942. The summed E-state index contributed by atoms with van der Waals surface area (Å²) in [6, 6.07) is 4.94. The Bertz CT molecular complexity index is 683. The summed E-state index contributed by atoms with van der Waals surface area (Å²) in [5, 5.41) is 14.9. The van der Waals surface area contributed by atoms with Gasteiger partial charge in [-0.25, -0.2) is 4.79 Å². The van der Waals surface area contributed by atoms with E-state index in [1.165, 1.54) is 19.4 Å². The van der Waals surface area contributed by atoms with Crippen molar-refractivity contribution in [2.75, 3.05) is 12.4 Å². The minimum absolute atomic E-state index is 0.359. The maximum absolute atomic E-state index is 12.0. The average Bonchev–Trinajstić information content (AvgIpc) is 2.99. The zero-order chi connectivity index (χ0) is 15.2. The number of carboxylic acids is 1. The van der Waals surface area contributed by atoms with E-state index in [1.54, 1.807) is 18.2 Å². The Morgan fingerprint density at radius 1 is 1.43 bits per heavy atom. The minimum atomic E-state index is -1.05. The fourth-order valence-corrected chi connectivity index (χ4v) is 1.96. The maximum atomic E-state index is 12.0. The first-order valence-corrected chi connectivity index (χ1v) is 6.55. The molecule has 0 saturated heterocycles. The van der Waals surface area contributed by atoms with E-state index in [2.05, 4.69) is 14.9 Å². The first-order chi connectivity index (χ1) is 10.1. The van der Waals surface area contributed by atoms with Gasteiger partial charge in [-0.15, -0.1) is 5.10 Å². The number of nitrogens with one attached hydrogen (secondary N) is 1. The number of methoxy groups -OCH3 is 1. The van der Waals surface area contributed by atoms with Crippen molar-refractivity contribution >= 4 is 35.2 Å². The van der Waals surface area contributed by atoms with E-state index in [4.69, 9.17) is 9.84 Å². The molecule has 0 atom stereocenters. The van der Waals surface area contributed by atoms with Crippen LogP contribution < -0.4 is 10.1 Å². The summed E-state index contributed by atoms with van der Waals surface area (Å²) < 4.78 is 8.78. The van der Waals surface area contributed by atoms with Gasteiger partial charge in [0, 0.05) is 6.08 Å². The van der Waals surface area contributed by atoms with Crippen molar-refractivity contribution in [3.05, 3.63) is 40.9 Å². The van der Waals surface area contributed by atoms with Crippen molar-refractivity contribution in [3.8, 4) is 5.75 Å². The van der Waals surface area contributed by atoms with Crippen molar-refractivity contribution in [2.45, 2.75) is 0 Å². The zero-order valence-corrected chi connectivity index (χ0v) is 11.8. The highest BCUT2D eigenvalue weighted by Gasteiger charge is 2.12. The monoisotopic (exact) mass is 305 g/mol. The number of hydrogen-bond donors (Lipinski definition) is 2. The number of aromatic nitrogens is 2. The van der Waals surface area contributed by atoms with Crippen molar-refractivity contribution in [2.24, 2.45) is 0 Å². The number of amides is 1. The second kappa shape index (κ2) is 6.62. The third kappa shape index (κ3) is 3.86. The van der Waals surface area contributed by atoms with Crippen LogP contribution in [0, 0.1) is 0 Å². The van der Waals surface area contributed by atoms with E-state index >= 15 is 0 Å². The predicted octanol–water partition coefficient (Wildman–Crippen LogP) is 1.90. The number of carbonyl (C=O) groups is 2. The largest absolute Gasteiger partial charge is 0.495 e. The van der Waals surface area contributed by atoms with Crippen LogP contribution in [0.5, 0.6) is 5.75 Å². The third-order valence-corrected chi connectivity index (χ3v) is 3.14. The molecule has 0 aliphatic carbocycles. The quantitative estimate of drug-likeness (QED) is 0.818. The SMILES string of the molecule is COc1ccc(C=CC(=O)O)cc1NC(=O)c1cnns1. The van der Waals surface area contributed by atoms with Gasteiger partial charge in [0.25, 0.3) is 5.91 Å². The van der Waals surface area contributed by atoms with Crippen molar-refractivity contribution < 1.29 is 19.4 Å². The Labute approximate surface area is 124 Å². The highest BCUT2D eigenvalue weighted by molar-refractivity contribution is 7.07. The number of anilines is 1. The van der Waals surface area contributed by atoms with Gasteiger partial charge in [0.1, 0.15) is 10.6 Å². The molecule has 0 radical (unpaired) electrons. The first-order valence-electron chi connectivity index (χ1n) is 5.78. The molecule has 0 unspecified atom stereocenters. The fraction of sp³-hybridized carbons (Fsp3) is 0.0769. The highest BCUT2D eigenvalue weighted by Crippen LogP contribution is 2.26. The van der Waals surface area contributed by atoms with E-state index in [0.717, 1.165) is 17.6 Å². The summed E-state index contributed by atoms with van der Waals surface area (Å²) in [7, 11) is 1.48. The maximum Gasteiger partial charge on any atom is 0.328 e. The van der Waals surface area contributed by atoms with E-state index in [1.807, 2.05) is 0 Å². The predicted molar refractivity (Wildman–Crippen MR) is 77.5 cm³/mol. The zero-order valence-electron chi connectivity index (χ0n) is 10.9. The Balaban J connectivity index is 2.25. The Morgan fingerprint density at radius 3 is 2.86 bits per heavy atom. The number of ether oxygens (including phenoxy) is 1. The van der Waals surface area contributed by atoms with Crippen molar-refractivity contribution in [3.63, 3.8) is 0 Å². The Morgan fingerprint density at radius 2 is 2.24 bits per heavy atom. The molecule has 0 aliphatic rings. The van der Waals surface area contributed by atoms with Gasteiger partial charge in [0.05, 0.1) is 19.0 Å². The van der Waals surface area contributed by atoms with Crippen molar-refractivity contribution in [1.82, 2.24) is 9.59 Å². The first kappa shape index (κ1) is 14.7. The molecule has 1 aromatic heterocycles.